The highest BCUT2D eigenvalue weighted by Crippen LogP contribution is 2.55. The second-order valence-electron chi connectivity index (χ2n) is 8.23. The molecule has 36 heavy (non-hydrogen) atoms. The highest BCUT2D eigenvalue weighted by molar-refractivity contribution is 7.95. The average molecular weight is 547 g/mol. The maximum Gasteiger partial charge on any atom is 0.239 e. The van der Waals surface area contributed by atoms with E-state index in [1.165, 1.54) is 20.8 Å². The van der Waals surface area contributed by atoms with Crippen LogP contribution in [0.25, 0.3) is 0 Å². The van der Waals surface area contributed by atoms with Gasteiger partial charge >= 0.3 is 0 Å². The van der Waals surface area contributed by atoms with Gasteiger partial charge in [-0.15, -0.1) is 0 Å². The Bertz CT molecular complexity index is 945. The molecule has 0 unspecified atom stereocenters. The third-order valence-electron chi connectivity index (χ3n) is 5.85. The van der Waals surface area contributed by atoms with Crippen LogP contribution < -0.4 is 57.1 Å². The second kappa shape index (κ2) is 16.2. The van der Waals surface area contributed by atoms with Gasteiger partial charge in [0.05, 0.1) is 12.7 Å². The highest BCUT2D eigenvalue weighted by Gasteiger charge is 2.44. The zero-order chi connectivity index (χ0) is 24.2. The molecule has 3 rings (SSSR count). The average Bonchev–Trinajstić information content (AvgIpc) is 2.87. The molecule has 6 nitrogen and oxygen atoms in total. The van der Waals surface area contributed by atoms with Crippen molar-refractivity contribution in [3.05, 3.63) is 91.0 Å². The summed E-state index contributed by atoms with van der Waals surface area (Å²) in [5, 5.41) is 17.9. The minimum atomic E-state index is -1.80. The van der Waals surface area contributed by atoms with Gasteiger partial charge in [-0.25, -0.2) is 0 Å². The van der Waals surface area contributed by atoms with Crippen molar-refractivity contribution in [3.63, 3.8) is 0 Å². The SMILES string of the molecule is CN(CC(=O)NCCNCCC[P+](c1ccccc1)(c1ccccc1)c1ccccc1)C(=N)N.[Cl-].[Cl-]. The molecular weight excluding hydrogens is 512 g/mol. The van der Waals surface area contributed by atoms with Crippen LogP contribution in [0.1, 0.15) is 6.42 Å². The fraction of sp³-hybridized carbons (Fsp3) is 0.259. The monoisotopic (exact) mass is 546 g/mol. The number of nitrogens with one attached hydrogen (secondary N) is 3. The number of hydrogen-bond acceptors (Lipinski definition) is 3. The Labute approximate surface area is 227 Å². The van der Waals surface area contributed by atoms with E-state index < -0.39 is 7.26 Å². The topological polar surface area (TPSA) is 94.2 Å². The van der Waals surface area contributed by atoms with Crippen LogP contribution in [0.2, 0.25) is 0 Å². The van der Waals surface area contributed by atoms with E-state index in [-0.39, 0.29) is 43.2 Å². The molecule has 0 saturated carbocycles. The first kappa shape index (κ1) is 31.4. The number of nitrogens with two attached hydrogens (primary N) is 1. The summed E-state index contributed by atoms with van der Waals surface area (Å²) in [6.45, 7) is 2.20. The van der Waals surface area contributed by atoms with Crippen molar-refractivity contribution in [2.24, 2.45) is 5.73 Å². The van der Waals surface area contributed by atoms with Crippen molar-refractivity contribution in [3.8, 4) is 0 Å². The Morgan fingerprint density at radius 3 is 1.67 bits per heavy atom. The van der Waals surface area contributed by atoms with E-state index in [0.717, 1.165) is 19.1 Å². The van der Waals surface area contributed by atoms with Gasteiger partial charge in [0.25, 0.3) is 0 Å². The molecule has 0 aliphatic rings. The first-order chi connectivity index (χ1) is 16.5. The number of nitrogens with zero attached hydrogens (tertiary/aromatic N) is 1. The molecule has 0 bridgehead atoms. The van der Waals surface area contributed by atoms with Crippen LogP contribution in [-0.2, 0) is 4.79 Å². The molecule has 5 N–H and O–H groups in total. The molecule has 0 aliphatic carbocycles. The van der Waals surface area contributed by atoms with Crippen molar-refractivity contribution in [1.29, 1.82) is 5.41 Å². The third-order valence-corrected chi connectivity index (χ3v) is 10.4. The van der Waals surface area contributed by atoms with E-state index in [4.69, 9.17) is 11.1 Å². The Hall–Kier alpha value is -2.63. The standard InChI is InChI=1S/C27H34N5OP.2ClH/c1-32(27(28)29)22-26(33)31-20-19-30-18-11-21-34(23-12-5-2-6-13-23,24-14-7-3-8-15-24)25-16-9-4-10-17-25;;/h2-10,12-17,30H,11,18-22H2,1H3,(H3-,28,29,31,33);2*1H/p-1. The summed E-state index contributed by atoms with van der Waals surface area (Å²) in [6, 6.07) is 32.7. The molecule has 9 heteroatoms. The molecule has 0 aromatic heterocycles. The minimum Gasteiger partial charge on any atom is -1.00 e. The van der Waals surface area contributed by atoms with E-state index >= 15 is 0 Å². The van der Waals surface area contributed by atoms with Gasteiger partial charge in [-0.05, 0) is 49.4 Å². The van der Waals surface area contributed by atoms with Crippen LogP contribution in [-0.4, -0.2) is 56.2 Å². The van der Waals surface area contributed by atoms with Crippen LogP contribution in [0.15, 0.2) is 91.0 Å². The lowest BCUT2D eigenvalue weighted by atomic mass is 10.3. The first-order valence-corrected chi connectivity index (χ1v) is 13.6. The largest absolute Gasteiger partial charge is 1.00 e. The van der Waals surface area contributed by atoms with E-state index in [1.54, 1.807) is 7.05 Å². The van der Waals surface area contributed by atoms with Crippen LogP contribution >= 0.6 is 7.26 Å². The third kappa shape index (κ3) is 8.49. The fourth-order valence-corrected chi connectivity index (χ4v) is 8.44. The van der Waals surface area contributed by atoms with Crippen molar-refractivity contribution in [2.45, 2.75) is 6.42 Å². The summed E-state index contributed by atoms with van der Waals surface area (Å²) >= 11 is 0. The lowest BCUT2D eigenvalue weighted by Crippen LogP contribution is -3.00. The van der Waals surface area contributed by atoms with E-state index in [1.807, 2.05) is 0 Å². The summed E-state index contributed by atoms with van der Waals surface area (Å²) < 4.78 is 0. The van der Waals surface area contributed by atoms with Crippen LogP contribution in [0, 0.1) is 5.41 Å². The van der Waals surface area contributed by atoms with Crippen molar-refractivity contribution in [1.82, 2.24) is 15.5 Å². The lowest BCUT2D eigenvalue weighted by molar-refractivity contribution is -0.121. The second-order valence-corrected chi connectivity index (χ2v) is 11.9. The number of carbonyl (C=O) groups is 1. The van der Waals surface area contributed by atoms with E-state index in [2.05, 4.69) is 102 Å². The zero-order valence-electron chi connectivity index (χ0n) is 20.5. The Balaban J connectivity index is 0.00000324. The fourth-order valence-electron chi connectivity index (χ4n) is 4.09. The van der Waals surface area contributed by atoms with Gasteiger partial charge < -0.3 is 46.1 Å². The first-order valence-electron chi connectivity index (χ1n) is 11.6. The van der Waals surface area contributed by atoms with E-state index in [0.29, 0.717) is 13.1 Å². The van der Waals surface area contributed by atoms with Gasteiger partial charge in [0.2, 0.25) is 5.91 Å². The molecule has 0 radical (unpaired) electrons. The van der Waals surface area contributed by atoms with Gasteiger partial charge in [0.1, 0.15) is 23.2 Å². The number of hydrogen-bond donors (Lipinski definition) is 4. The molecule has 3 aromatic rings. The van der Waals surface area contributed by atoms with Crippen LogP contribution in [0.4, 0.5) is 0 Å². The number of carbonyl (C=O) groups excluding carboxylic acids is 1. The summed E-state index contributed by atoms with van der Waals surface area (Å²) in [5.74, 6) is -0.253. The maximum absolute atomic E-state index is 11.9. The molecule has 0 spiro atoms. The van der Waals surface area contributed by atoms with Gasteiger partial charge in [-0.2, -0.15) is 0 Å². The predicted molar refractivity (Wildman–Crippen MR) is 145 cm³/mol. The molecular formula is C27H35Cl2N5OP-. The van der Waals surface area contributed by atoms with Gasteiger partial charge in [-0.1, -0.05) is 54.6 Å². The Morgan fingerprint density at radius 2 is 1.25 bits per heavy atom. The van der Waals surface area contributed by atoms with Crippen LogP contribution in [0.5, 0.6) is 0 Å². The van der Waals surface area contributed by atoms with Crippen molar-refractivity contribution < 1.29 is 29.6 Å². The summed E-state index contributed by atoms with van der Waals surface area (Å²) in [7, 11) is -0.170. The summed E-state index contributed by atoms with van der Waals surface area (Å²) in [6.07, 6.45) is 2.08. The summed E-state index contributed by atoms with van der Waals surface area (Å²) in [5.41, 5.74) is 5.37. The van der Waals surface area contributed by atoms with E-state index in [9.17, 15) is 4.79 Å². The van der Waals surface area contributed by atoms with Crippen molar-refractivity contribution >= 4 is 35.0 Å². The number of halogens is 2. The smallest absolute Gasteiger partial charge is 0.239 e. The predicted octanol–water partition coefficient (Wildman–Crippen LogP) is -4.09. The molecule has 0 saturated heterocycles. The zero-order valence-corrected chi connectivity index (χ0v) is 22.9. The number of benzene rings is 3. The molecule has 1 amide bonds. The number of amides is 1. The van der Waals surface area contributed by atoms with Crippen LogP contribution in [0.3, 0.4) is 0 Å². The Morgan fingerprint density at radius 1 is 0.806 bits per heavy atom. The van der Waals surface area contributed by atoms with Gasteiger partial charge in [0, 0.05) is 20.1 Å². The molecule has 0 atom stereocenters. The normalized spacial score (nSPS) is 10.5. The highest BCUT2D eigenvalue weighted by atomic mass is 35.5. The lowest BCUT2D eigenvalue weighted by Gasteiger charge is -2.27. The van der Waals surface area contributed by atoms with Crippen molar-refractivity contribution in [2.75, 3.05) is 39.4 Å². The maximum atomic E-state index is 11.9. The number of guanidine groups is 1. The van der Waals surface area contributed by atoms with Gasteiger partial charge in [0.15, 0.2) is 5.96 Å². The Kier molecular flexibility index (Phi) is 14.1. The molecule has 194 valence electrons. The molecule has 3 aromatic carbocycles. The molecule has 0 fully saturated rings. The van der Waals surface area contributed by atoms with Gasteiger partial charge in [-0.3, -0.25) is 10.2 Å². The molecule has 0 heterocycles. The number of likely N-dealkylation sites (N-methyl/N-ethyl adjacent to an activating group) is 1. The quantitative estimate of drug-likeness (QED) is 0.0804. The minimum absolute atomic E-state index is 0. The summed E-state index contributed by atoms with van der Waals surface area (Å²) in [4.78, 5) is 13.3. The number of rotatable bonds is 12. The molecule has 0 aliphatic heterocycles.